The summed E-state index contributed by atoms with van der Waals surface area (Å²) in [4.78, 5) is 0. The highest BCUT2D eigenvalue weighted by molar-refractivity contribution is 7.98. The lowest BCUT2D eigenvalue weighted by Gasteiger charge is -2.08. The molecule has 1 aromatic carbocycles. The zero-order chi connectivity index (χ0) is 13.4. The molecule has 0 spiro atoms. The van der Waals surface area contributed by atoms with Gasteiger partial charge in [0, 0.05) is 5.75 Å². The summed E-state index contributed by atoms with van der Waals surface area (Å²) in [6, 6.07) is 5.76. The Kier molecular flexibility index (Phi) is 8.16. The molecular weight excluding hydrogens is 287 g/mol. The molecule has 1 unspecified atom stereocenters. The van der Waals surface area contributed by atoms with Crippen LogP contribution in [0, 0.1) is 0 Å². The van der Waals surface area contributed by atoms with Gasteiger partial charge in [-0.1, -0.05) is 42.6 Å². The van der Waals surface area contributed by atoms with Gasteiger partial charge in [0.1, 0.15) is 0 Å². The van der Waals surface area contributed by atoms with Gasteiger partial charge in [0.05, 0.1) is 16.1 Å². The van der Waals surface area contributed by atoms with E-state index in [1.807, 2.05) is 30.0 Å². The van der Waals surface area contributed by atoms with Crippen molar-refractivity contribution in [2.45, 2.75) is 44.5 Å². The van der Waals surface area contributed by atoms with Crippen molar-refractivity contribution < 1.29 is 5.11 Å². The van der Waals surface area contributed by atoms with E-state index in [1.54, 1.807) is 0 Å². The summed E-state index contributed by atoms with van der Waals surface area (Å²) in [5.74, 6) is 2.02. The van der Waals surface area contributed by atoms with Crippen molar-refractivity contribution in [1.82, 2.24) is 0 Å². The van der Waals surface area contributed by atoms with Gasteiger partial charge in [-0.05, 0) is 42.7 Å². The highest BCUT2D eigenvalue weighted by Gasteiger charge is 2.03. The van der Waals surface area contributed by atoms with Gasteiger partial charge in [0.2, 0.25) is 0 Å². The monoisotopic (exact) mass is 306 g/mol. The van der Waals surface area contributed by atoms with Crippen molar-refractivity contribution in [2.24, 2.45) is 0 Å². The molecule has 0 aliphatic carbocycles. The average Bonchev–Trinajstić information content (AvgIpc) is 2.33. The maximum atomic E-state index is 9.59. The Balaban J connectivity index is 2.16. The molecule has 102 valence electrons. The van der Waals surface area contributed by atoms with Gasteiger partial charge in [0.25, 0.3) is 0 Å². The van der Waals surface area contributed by atoms with Crippen LogP contribution in [0.3, 0.4) is 0 Å². The molecule has 0 aliphatic heterocycles. The van der Waals surface area contributed by atoms with E-state index in [0.29, 0.717) is 10.0 Å². The fourth-order valence-electron chi connectivity index (χ4n) is 1.72. The predicted octanol–water partition coefficient (Wildman–Crippen LogP) is 5.17. The minimum absolute atomic E-state index is 0.124. The van der Waals surface area contributed by atoms with Gasteiger partial charge < -0.3 is 5.11 Å². The number of rotatable bonds is 8. The van der Waals surface area contributed by atoms with Gasteiger partial charge in [-0.3, -0.25) is 0 Å². The van der Waals surface area contributed by atoms with E-state index >= 15 is 0 Å². The third-order valence-electron chi connectivity index (χ3n) is 2.70. The number of hydrogen-bond acceptors (Lipinski definition) is 2. The molecule has 0 saturated carbocycles. The predicted molar refractivity (Wildman–Crippen MR) is 82.8 cm³/mol. The summed E-state index contributed by atoms with van der Waals surface area (Å²) in [5, 5.41) is 10.8. The lowest BCUT2D eigenvalue weighted by Crippen LogP contribution is -2.05. The van der Waals surface area contributed by atoms with E-state index in [1.165, 1.54) is 5.56 Å². The topological polar surface area (TPSA) is 20.2 Å². The second kappa shape index (κ2) is 9.08. The Morgan fingerprint density at radius 1 is 1.22 bits per heavy atom. The molecule has 0 bridgehead atoms. The summed E-state index contributed by atoms with van der Waals surface area (Å²) >= 11 is 13.7. The molecule has 1 nitrogen and oxygen atoms in total. The molecule has 0 radical (unpaired) electrons. The number of aliphatic hydroxyl groups excluding tert-OH is 1. The minimum atomic E-state index is -0.124. The third kappa shape index (κ3) is 6.33. The van der Waals surface area contributed by atoms with Gasteiger partial charge in [0.15, 0.2) is 0 Å². The Labute approximate surface area is 124 Å². The van der Waals surface area contributed by atoms with Crippen LogP contribution >= 0.6 is 35.0 Å². The molecule has 1 N–H and O–H groups in total. The molecule has 0 amide bonds. The van der Waals surface area contributed by atoms with Crippen molar-refractivity contribution in [1.29, 1.82) is 0 Å². The van der Waals surface area contributed by atoms with Crippen LogP contribution in [0.5, 0.6) is 0 Å². The quantitative estimate of drug-likeness (QED) is 0.669. The first kappa shape index (κ1) is 16.2. The van der Waals surface area contributed by atoms with Crippen molar-refractivity contribution in [2.75, 3.05) is 5.75 Å². The van der Waals surface area contributed by atoms with Gasteiger partial charge in [-0.15, -0.1) is 0 Å². The molecule has 4 heteroatoms. The number of hydrogen-bond donors (Lipinski definition) is 1. The summed E-state index contributed by atoms with van der Waals surface area (Å²) in [5.41, 5.74) is 1.20. The fraction of sp³-hybridized carbons (Fsp3) is 0.571. The Bertz CT molecular complexity index is 358. The largest absolute Gasteiger partial charge is 0.393 e. The summed E-state index contributed by atoms with van der Waals surface area (Å²) < 4.78 is 0. The molecule has 1 aromatic rings. The Hall–Kier alpha value is 0.110. The van der Waals surface area contributed by atoms with Crippen LogP contribution in [-0.2, 0) is 5.75 Å². The van der Waals surface area contributed by atoms with Crippen molar-refractivity contribution in [3.63, 3.8) is 0 Å². The Morgan fingerprint density at radius 2 is 2.00 bits per heavy atom. The summed E-state index contributed by atoms with van der Waals surface area (Å²) in [7, 11) is 0. The highest BCUT2D eigenvalue weighted by Crippen LogP contribution is 2.25. The van der Waals surface area contributed by atoms with Crippen LogP contribution in [0.4, 0.5) is 0 Å². The number of halogens is 2. The van der Waals surface area contributed by atoms with Crippen molar-refractivity contribution in [3.8, 4) is 0 Å². The summed E-state index contributed by atoms with van der Waals surface area (Å²) in [6.07, 6.45) is 3.81. The van der Waals surface area contributed by atoms with E-state index in [0.717, 1.165) is 37.2 Å². The van der Waals surface area contributed by atoms with Crippen LogP contribution in [0.2, 0.25) is 10.0 Å². The van der Waals surface area contributed by atoms with Gasteiger partial charge >= 0.3 is 0 Å². The molecule has 0 aromatic heterocycles. The van der Waals surface area contributed by atoms with E-state index in [2.05, 4.69) is 6.92 Å². The zero-order valence-electron chi connectivity index (χ0n) is 10.7. The number of benzene rings is 1. The maximum absolute atomic E-state index is 9.59. The molecule has 1 atom stereocenters. The first-order valence-corrected chi connectivity index (χ1v) is 8.24. The van der Waals surface area contributed by atoms with Gasteiger partial charge in [-0.25, -0.2) is 0 Å². The number of thioether (sulfide) groups is 1. The third-order valence-corrected chi connectivity index (χ3v) is 4.55. The molecule has 0 saturated heterocycles. The smallest absolute Gasteiger partial charge is 0.0595 e. The van der Waals surface area contributed by atoms with Crippen LogP contribution < -0.4 is 0 Å². The lowest BCUT2D eigenvalue weighted by atomic mass is 10.1. The second-order valence-electron chi connectivity index (χ2n) is 4.39. The second-order valence-corrected chi connectivity index (χ2v) is 6.31. The molecule has 0 fully saturated rings. The molecule has 18 heavy (non-hydrogen) atoms. The lowest BCUT2D eigenvalue weighted by molar-refractivity contribution is 0.153. The highest BCUT2D eigenvalue weighted by atomic mass is 35.5. The van der Waals surface area contributed by atoms with Crippen molar-refractivity contribution >= 4 is 35.0 Å². The normalized spacial score (nSPS) is 12.7. The van der Waals surface area contributed by atoms with Crippen molar-refractivity contribution in [3.05, 3.63) is 33.8 Å². The molecule has 0 aliphatic rings. The van der Waals surface area contributed by atoms with Crippen LogP contribution in [-0.4, -0.2) is 17.0 Å². The van der Waals surface area contributed by atoms with Crippen LogP contribution in [0.15, 0.2) is 18.2 Å². The van der Waals surface area contributed by atoms with E-state index in [4.69, 9.17) is 23.2 Å². The number of aliphatic hydroxyl groups is 1. The first-order valence-electron chi connectivity index (χ1n) is 6.33. The molecule has 0 heterocycles. The molecule has 1 rings (SSSR count). The maximum Gasteiger partial charge on any atom is 0.0595 e. The van der Waals surface area contributed by atoms with E-state index in [-0.39, 0.29) is 6.10 Å². The van der Waals surface area contributed by atoms with Crippen LogP contribution in [0.1, 0.15) is 38.2 Å². The fourth-order valence-corrected chi connectivity index (χ4v) is 2.97. The van der Waals surface area contributed by atoms with Crippen LogP contribution in [0.25, 0.3) is 0 Å². The SMILES string of the molecule is CCCC(O)CCCSCc1ccc(Cl)c(Cl)c1. The average molecular weight is 307 g/mol. The summed E-state index contributed by atoms with van der Waals surface area (Å²) in [6.45, 7) is 2.10. The van der Waals surface area contributed by atoms with E-state index in [9.17, 15) is 5.11 Å². The minimum Gasteiger partial charge on any atom is -0.393 e. The Morgan fingerprint density at radius 3 is 2.67 bits per heavy atom. The van der Waals surface area contributed by atoms with Gasteiger partial charge in [-0.2, -0.15) is 11.8 Å². The molecular formula is C14H20Cl2OS. The zero-order valence-corrected chi connectivity index (χ0v) is 13.0. The van der Waals surface area contributed by atoms with E-state index < -0.39 is 0 Å². The first-order chi connectivity index (χ1) is 8.63. The standard InChI is InChI=1S/C14H20Cl2OS/c1-2-4-12(17)5-3-8-18-10-11-6-7-13(15)14(16)9-11/h6-7,9,12,17H,2-5,8,10H2,1H3.